The van der Waals surface area contributed by atoms with Gasteiger partial charge in [0.1, 0.15) is 0 Å². The number of thiophene rings is 1. The summed E-state index contributed by atoms with van der Waals surface area (Å²) in [5.74, 6) is -0.939. The molecule has 1 aromatic carbocycles. The van der Waals surface area contributed by atoms with Crippen molar-refractivity contribution in [2.75, 3.05) is 0 Å². The molecule has 2 nitrogen and oxygen atoms in total. The number of hydrogen-bond donors (Lipinski definition) is 1. The van der Waals surface area contributed by atoms with E-state index in [-0.39, 0.29) is 0 Å². The van der Waals surface area contributed by atoms with Gasteiger partial charge < -0.3 is 5.11 Å². The maximum atomic E-state index is 10.3. The minimum atomic E-state index is -0.939. The minimum Gasteiger partial charge on any atom is -0.478 e. The average Bonchev–Trinajstić information content (AvgIpc) is 2.84. The second-order valence-electron chi connectivity index (χ2n) is 3.77. The zero-order valence-corrected chi connectivity index (χ0v) is 12.3. The first kappa shape index (κ1) is 13.8. The summed E-state index contributed by atoms with van der Waals surface area (Å²) in [6.45, 7) is 0. The van der Waals surface area contributed by atoms with Gasteiger partial charge in [-0.15, -0.1) is 11.3 Å². The topological polar surface area (TPSA) is 37.3 Å². The Morgan fingerprint density at radius 3 is 2.53 bits per heavy atom. The van der Waals surface area contributed by atoms with E-state index in [4.69, 9.17) is 5.11 Å². The van der Waals surface area contributed by atoms with Crippen LogP contribution in [0.3, 0.4) is 0 Å². The Morgan fingerprint density at radius 2 is 1.84 bits per heavy atom. The molecule has 96 valence electrons. The summed E-state index contributed by atoms with van der Waals surface area (Å²) in [6.07, 6.45) is 6.25. The normalized spacial score (nSPS) is 11.4. The van der Waals surface area contributed by atoms with E-state index in [0.717, 1.165) is 15.4 Å². The van der Waals surface area contributed by atoms with E-state index >= 15 is 0 Å². The van der Waals surface area contributed by atoms with Gasteiger partial charge in [-0.1, -0.05) is 40.2 Å². The Balaban J connectivity index is 2.11. The molecule has 2 aromatic rings. The van der Waals surface area contributed by atoms with Crippen LogP contribution in [0, 0.1) is 0 Å². The highest BCUT2D eigenvalue weighted by atomic mass is 79.9. The van der Waals surface area contributed by atoms with Gasteiger partial charge in [-0.05, 0) is 35.9 Å². The standard InChI is InChI=1S/C15H11BrO2S/c16-12-7-5-11(6-8-12)14-10-9-13(19-14)3-1-2-4-15(17)18/h1-10H,(H,17,18). The molecule has 0 spiro atoms. The van der Waals surface area contributed by atoms with Gasteiger partial charge in [0, 0.05) is 20.3 Å². The van der Waals surface area contributed by atoms with Gasteiger partial charge >= 0.3 is 5.97 Å². The molecule has 0 bridgehead atoms. The third-order valence-electron chi connectivity index (χ3n) is 2.37. The molecule has 2 rings (SSSR count). The van der Waals surface area contributed by atoms with E-state index in [0.29, 0.717) is 0 Å². The van der Waals surface area contributed by atoms with Crippen LogP contribution in [0.2, 0.25) is 0 Å². The molecule has 4 heteroatoms. The van der Waals surface area contributed by atoms with Crippen LogP contribution in [-0.2, 0) is 4.79 Å². The Kier molecular flexibility index (Phi) is 4.71. The van der Waals surface area contributed by atoms with Crippen LogP contribution in [0.5, 0.6) is 0 Å². The molecule has 1 N–H and O–H groups in total. The number of hydrogen-bond acceptors (Lipinski definition) is 2. The van der Waals surface area contributed by atoms with Crippen LogP contribution >= 0.6 is 27.3 Å². The molecule has 0 saturated carbocycles. The third kappa shape index (κ3) is 4.19. The van der Waals surface area contributed by atoms with Crippen LogP contribution in [-0.4, -0.2) is 11.1 Å². The number of allylic oxidation sites excluding steroid dienone is 2. The first-order valence-electron chi connectivity index (χ1n) is 5.58. The van der Waals surface area contributed by atoms with Crippen molar-refractivity contribution in [3.8, 4) is 10.4 Å². The molecule has 0 radical (unpaired) electrons. The Labute approximate surface area is 123 Å². The van der Waals surface area contributed by atoms with Gasteiger partial charge in [-0.25, -0.2) is 4.79 Å². The average molecular weight is 335 g/mol. The highest BCUT2D eigenvalue weighted by Gasteiger charge is 2.00. The number of halogens is 1. The largest absolute Gasteiger partial charge is 0.478 e. The highest BCUT2D eigenvalue weighted by molar-refractivity contribution is 9.10. The van der Waals surface area contributed by atoms with Gasteiger partial charge in [0.25, 0.3) is 0 Å². The van der Waals surface area contributed by atoms with Crippen LogP contribution in [0.4, 0.5) is 0 Å². The van der Waals surface area contributed by atoms with Gasteiger partial charge in [0.05, 0.1) is 0 Å². The number of carboxylic acid groups (broad SMARTS) is 1. The number of carboxylic acids is 1. The van der Waals surface area contributed by atoms with E-state index in [1.54, 1.807) is 17.4 Å². The zero-order valence-electron chi connectivity index (χ0n) is 9.92. The van der Waals surface area contributed by atoms with Gasteiger partial charge in [0.2, 0.25) is 0 Å². The van der Waals surface area contributed by atoms with Crippen molar-refractivity contribution in [2.45, 2.75) is 0 Å². The molecule has 1 aromatic heterocycles. The summed E-state index contributed by atoms with van der Waals surface area (Å²) in [7, 11) is 0. The van der Waals surface area contributed by atoms with Crippen molar-refractivity contribution in [3.05, 3.63) is 64.0 Å². The molecule has 0 saturated heterocycles. The second-order valence-corrected chi connectivity index (χ2v) is 5.80. The van der Waals surface area contributed by atoms with Crippen molar-refractivity contribution in [1.82, 2.24) is 0 Å². The fourth-order valence-corrected chi connectivity index (χ4v) is 2.69. The lowest BCUT2D eigenvalue weighted by molar-refractivity contribution is -0.131. The minimum absolute atomic E-state index is 0.939. The second kappa shape index (κ2) is 6.50. The molecule has 19 heavy (non-hydrogen) atoms. The van der Waals surface area contributed by atoms with Gasteiger partial charge in [0.15, 0.2) is 0 Å². The van der Waals surface area contributed by atoms with E-state index in [9.17, 15) is 4.79 Å². The molecule has 0 aliphatic carbocycles. The number of carbonyl (C=O) groups is 1. The lowest BCUT2D eigenvalue weighted by atomic mass is 10.2. The first-order chi connectivity index (χ1) is 9.15. The zero-order chi connectivity index (χ0) is 13.7. The predicted molar refractivity (Wildman–Crippen MR) is 83.3 cm³/mol. The molecule has 0 amide bonds. The lowest BCUT2D eigenvalue weighted by Gasteiger charge is -1.96. The van der Waals surface area contributed by atoms with E-state index in [1.807, 2.05) is 24.3 Å². The highest BCUT2D eigenvalue weighted by Crippen LogP contribution is 2.29. The summed E-state index contributed by atoms with van der Waals surface area (Å²) in [5, 5.41) is 8.46. The van der Waals surface area contributed by atoms with Crippen LogP contribution in [0.25, 0.3) is 16.5 Å². The molecule has 0 fully saturated rings. The maximum Gasteiger partial charge on any atom is 0.328 e. The number of aliphatic carboxylic acids is 1. The molecule has 0 aliphatic heterocycles. The molecule has 0 unspecified atom stereocenters. The van der Waals surface area contributed by atoms with E-state index in [2.05, 4.69) is 34.1 Å². The molecular weight excluding hydrogens is 324 g/mol. The van der Waals surface area contributed by atoms with Crippen molar-refractivity contribution >= 4 is 39.3 Å². The van der Waals surface area contributed by atoms with Crippen molar-refractivity contribution in [1.29, 1.82) is 0 Å². The molecule has 0 aliphatic rings. The maximum absolute atomic E-state index is 10.3. The van der Waals surface area contributed by atoms with E-state index in [1.165, 1.54) is 16.5 Å². The molecular formula is C15H11BrO2S. The summed E-state index contributed by atoms with van der Waals surface area (Å²) < 4.78 is 1.06. The monoisotopic (exact) mass is 334 g/mol. The van der Waals surface area contributed by atoms with E-state index < -0.39 is 5.97 Å². The van der Waals surface area contributed by atoms with Crippen LogP contribution in [0.1, 0.15) is 4.88 Å². The van der Waals surface area contributed by atoms with Crippen molar-refractivity contribution in [2.24, 2.45) is 0 Å². The summed E-state index contributed by atoms with van der Waals surface area (Å²) in [6, 6.07) is 12.2. The van der Waals surface area contributed by atoms with Crippen molar-refractivity contribution in [3.63, 3.8) is 0 Å². The predicted octanol–water partition coefficient (Wildman–Crippen LogP) is 4.83. The Hall–Kier alpha value is -1.65. The smallest absolute Gasteiger partial charge is 0.328 e. The lowest BCUT2D eigenvalue weighted by Crippen LogP contribution is -1.84. The first-order valence-corrected chi connectivity index (χ1v) is 7.19. The van der Waals surface area contributed by atoms with Gasteiger partial charge in [-0.2, -0.15) is 0 Å². The van der Waals surface area contributed by atoms with Crippen molar-refractivity contribution < 1.29 is 9.90 Å². The SMILES string of the molecule is O=C(O)C=CC=Cc1ccc(-c2ccc(Br)cc2)s1. The van der Waals surface area contributed by atoms with Crippen LogP contribution < -0.4 is 0 Å². The molecule has 1 heterocycles. The fourth-order valence-electron chi connectivity index (χ4n) is 1.50. The number of benzene rings is 1. The Morgan fingerprint density at radius 1 is 1.11 bits per heavy atom. The van der Waals surface area contributed by atoms with Crippen LogP contribution in [0.15, 0.2) is 59.1 Å². The summed E-state index contributed by atoms with van der Waals surface area (Å²) >= 11 is 5.08. The quantitative estimate of drug-likeness (QED) is 0.642. The summed E-state index contributed by atoms with van der Waals surface area (Å²) in [4.78, 5) is 12.6. The third-order valence-corrected chi connectivity index (χ3v) is 3.99. The molecule has 0 atom stereocenters. The Bertz CT molecular complexity index is 624. The number of rotatable bonds is 4. The fraction of sp³-hybridized carbons (Fsp3) is 0. The van der Waals surface area contributed by atoms with Gasteiger partial charge in [-0.3, -0.25) is 0 Å². The summed E-state index contributed by atoms with van der Waals surface area (Å²) in [5.41, 5.74) is 1.17.